The maximum atomic E-state index is 10.7. The number of hydrogen-bond acceptors (Lipinski definition) is 5. The Labute approximate surface area is 79.4 Å². The summed E-state index contributed by atoms with van der Waals surface area (Å²) in [5.41, 5.74) is -0.0881. The van der Waals surface area contributed by atoms with Crippen LogP contribution in [0.25, 0.3) is 0 Å². The fourth-order valence-corrected chi connectivity index (χ4v) is 0.877. The Balaban J connectivity index is 2.52. The van der Waals surface area contributed by atoms with Crippen molar-refractivity contribution >= 4 is 11.7 Å². The zero-order chi connectivity index (χ0) is 10.6. The van der Waals surface area contributed by atoms with Gasteiger partial charge in [-0.2, -0.15) is 5.10 Å². The Morgan fingerprint density at radius 1 is 1.79 bits per heavy atom. The van der Waals surface area contributed by atoms with Crippen molar-refractivity contribution in [3.8, 4) is 0 Å². The molecular formula is C7H9N3O4. The van der Waals surface area contributed by atoms with E-state index in [0.717, 1.165) is 6.20 Å². The normalized spacial score (nSPS) is 9.79. The number of methoxy groups -OCH3 is 1. The molecular weight excluding hydrogens is 190 g/mol. The number of carbonyl (C=O) groups excluding carboxylic acids is 1. The first-order valence-corrected chi connectivity index (χ1v) is 3.87. The molecule has 1 rings (SSSR count). The Bertz CT molecular complexity index is 346. The van der Waals surface area contributed by atoms with E-state index >= 15 is 0 Å². The highest BCUT2D eigenvalue weighted by Crippen LogP contribution is 2.07. The molecule has 0 amide bonds. The molecule has 7 nitrogen and oxygen atoms in total. The summed E-state index contributed by atoms with van der Waals surface area (Å²) in [6, 6.07) is 0. The van der Waals surface area contributed by atoms with E-state index in [1.165, 1.54) is 18.0 Å². The van der Waals surface area contributed by atoms with Gasteiger partial charge in [-0.3, -0.25) is 19.6 Å². The lowest BCUT2D eigenvalue weighted by atomic mass is 10.4. The van der Waals surface area contributed by atoms with Gasteiger partial charge in [-0.1, -0.05) is 0 Å². The van der Waals surface area contributed by atoms with E-state index in [2.05, 4.69) is 9.84 Å². The van der Waals surface area contributed by atoms with Crippen LogP contribution in [0.3, 0.4) is 0 Å². The average molecular weight is 199 g/mol. The molecule has 0 fully saturated rings. The lowest BCUT2D eigenvalue weighted by Gasteiger charge is -1.98. The molecule has 0 aliphatic carbocycles. The highest BCUT2D eigenvalue weighted by molar-refractivity contribution is 5.68. The van der Waals surface area contributed by atoms with Crippen LogP contribution in [0.5, 0.6) is 0 Å². The molecule has 1 aromatic heterocycles. The molecule has 0 saturated carbocycles. The quantitative estimate of drug-likeness (QED) is 0.396. The van der Waals surface area contributed by atoms with E-state index in [4.69, 9.17) is 0 Å². The summed E-state index contributed by atoms with van der Waals surface area (Å²) >= 11 is 0. The predicted molar refractivity (Wildman–Crippen MR) is 45.5 cm³/mol. The second-order valence-electron chi connectivity index (χ2n) is 2.54. The van der Waals surface area contributed by atoms with Gasteiger partial charge in [-0.05, 0) is 0 Å². The highest BCUT2D eigenvalue weighted by Gasteiger charge is 2.09. The van der Waals surface area contributed by atoms with Crippen LogP contribution < -0.4 is 0 Å². The summed E-state index contributed by atoms with van der Waals surface area (Å²) in [5, 5.41) is 14.0. The highest BCUT2D eigenvalue weighted by atomic mass is 16.6. The molecule has 14 heavy (non-hydrogen) atoms. The van der Waals surface area contributed by atoms with Crippen LogP contribution in [-0.2, 0) is 16.1 Å². The van der Waals surface area contributed by atoms with Crippen LogP contribution in [0.15, 0.2) is 12.4 Å². The van der Waals surface area contributed by atoms with Crippen LogP contribution >= 0.6 is 0 Å². The lowest BCUT2D eigenvalue weighted by Crippen LogP contribution is -2.07. The molecule has 1 aromatic rings. The van der Waals surface area contributed by atoms with Gasteiger partial charge in [0.15, 0.2) is 0 Å². The minimum Gasteiger partial charge on any atom is -0.469 e. The molecule has 0 atom stereocenters. The summed E-state index contributed by atoms with van der Waals surface area (Å²) in [6.07, 6.45) is 2.55. The second kappa shape index (κ2) is 4.35. The number of hydrogen-bond donors (Lipinski definition) is 0. The van der Waals surface area contributed by atoms with Crippen molar-refractivity contribution in [3.63, 3.8) is 0 Å². The molecule has 0 saturated heterocycles. The second-order valence-corrected chi connectivity index (χ2v) is 2.54. The third-order valence-corrected chi connectivity index (χ3v) is 1.60. The first-order chi connectivity index (χ1) is 6.63. The molecule has 7 heteroatoms. The van der Waals surface area contributed by atoms with Gasteiger partial charge in [0, 0.05) is 0 Å². The number of ether oxygens (including phenoxy) is 1. The van der Waals surface area contributed by atoms with Crippen molar-refractivity contribution in [1.82, 2.24) is 9.78 Å². The van der Waals surface area contributed by atoms with Crippen LogP contribution in [0.1, 0.15) is 6.42 Å². The van der Waals surface area contributed by atoms with Crippen molar-refractivity contribution in [2.75, 3.05) is 7.11 Å². The van der Waals surface area contributed by atoms with Crippen molar-refractivity contribution in [2.45, 2.75) is 13.0 Å². The van der Waals surface area contributed by atoms with Crippen molar-refractivity contribution in [3.05, 3.63) is 22.5 Å². The van der Waals surface area contributed by atoms with E-state index in [-0.39, 0.29) is 24.6 Å². The first-order valence-electron chi connectivity index (χ1n) is 3.87. The maximum Gasteiger partial charge on any atom is 0.307 e. The van der Waals surface area contributed by atoms with E-state index < -0.39 is 4.92 Å². The number of esters is 1. The third kappa shape index (κ3) is 2.54. The summed E-state index contributed by atoms with van der Waals surface area (Å²) in [4.78, 5) is 20.5. The van der Waals surface area contributed by atoms with Gasteiger partial charge in [0.25, 0.3) is 0 Å². The Morgan fingerprint density at radius 2 is 2.50 bits per heavy atom. The number of nitro groups is 1. The SMILES string of the molecule is COC(=O)CCn1cc([N+](=O)[O-])cn1. The molecule has 76 valence electrons. The van der Waals surface area contributed by atoms with Gasteiger partial charge in [0.2, 0.25) is 0 Å². The van der Waals surface area contributed by atoms with Crippen LogP contribution in [0.2, 0.25) is 0 Å². The van der Waals surface area contributed by atoms with Gasteiger partial charge < -0.3 is 4.74 Å². The summed E-state index contributed by atoms with van der Waals surface area (Å²) in [7, 11) is 1.29. The zero-order valence-electron chi connectivity index (χ0n) is 7.54. The summed E-state index contributed by atoms with van der Waals surface area (Å²) < 4.78 is 5.74. The fourth-order valence-electron chi connectivity index (χ4n) is 0.877. The van der Waals surface area contributed by atoms with E-state index in [1.54, 1.807) is 0 Å². The number of aromatic nitrogens is 2. The molecule has 0 radical (unpaired) electrons. The molecule has 0 bridgehead atoms. The zero-order valence-corrected chi connectivity index (χ0v) is 7.54. The Morgan fingerprint density at radius 3 is 3.00 bits per heavy atom. The standard InChI is InChI=1S/C7H9N3O4/c1-14-7(11)2-3-9-5-6(4-8-9)10(12)13/h4-5H,2-3H2,1H3. The summed E-state index contributed by atoms with van der Waals surface area (Å²) in [6.45, 7) is 0.278. The monoisotopic (exact) mass is 199 g/mol. The Hall–Kier alpha value is -1.92. The van der Waals surface area contributed by atoms with E-state index in [0.29, 0.717) is 0 Å². The number of rotatable bonds is 4. The number of carbonyl (C=O) groups is 1. The largest absolute Gasteiger partial charge is 0.469 e. The van der Waals surface area contributed by atoms with E-state index in [1.807, 2.05) is 0 Å². The lowest BCUT2D eigenvalue weighted by molar-refractivity contribution is -0.385. The van der Waals surface area contributed by atoms with E-state index in [9.17, 15) is 14.9 Å². The maximum absolute atomic E-state index is 10.7. The van der Waals surface area contributed by atoms with Crippen molar-refractivity contribution in [1.29, 1.82) is 0 Å². The first kappa shape index (κ1) is 10.2. The van der Waals surface area contributed by atoms with Gasteiger partial charge in [0.1, 0.15) is 12.4 Å². The van der Waals surface area contributed by atoms with Crippen LogP contribution in [-0.4, -0.2) is 27.8 Å². The topological polar surface area (TPSA) is 87.3 Å². The molecule has 0 unspecified atom stereocenters. The molecule has 0 N–H and O–H groups in total. The molecule has 0 aliphatic heterocycles. The van der Waals surface area contributed by atoms with Crippen molar-refractivity contribution in [2.24, 2.45) is 0 Å². The van der Waals surface area contributed by atoms with Crippen LogP contribution in [0, 0.1) is 10.1 Å². The van der Waals surface area contributed by atoms with Gasteiger partial charge in [-0.15, -0.1) is 0 Å². The van der Waals surface area contributed by atoms with Gasteiger partial charge >= 0.3 is 11.7 Å². The van der Waals surface area contributed by atoms with Crippen LogP contribution in [0.4, 0.5) is 5.69 Å². The number of aryl methyl sites for hydroxylation is 1. The average Bonchev–Trinajstić information content (AvgIpc) is 2.62. The molecule has 0 spiro atoms. The summed E-state index contributed by atoms with van der Waals surface area (Å²) in [5.74, 6) is -0.372. The predicted octanol–water partition coefficient (Wildman–Crippen LogP) is 0.354. The van der Waals surface area contributed by atoms with Crippen molar-refractivity contribution < 1.29 is 14.5 Å². The molecule has 0 aliphatic rings. The third-order valence-electron chi connectivity index (χ3n) is 1.60. The van der Waals surface area contributed by atoms with Gasteiger partial charge in [-0.25, -0.2) is 0 Å². The van der Waals surface area contributed by atoms with Gasteiger partial charge in [0.05, 0.1) is 25.0 Å². The number of nitrogens with zero attached hydrogens (tertiary/aromatic N) is 3. The minimum absolute atomic E-state index is 0.0881. The molecule has 1 heterocycles. The smallest absolute Gasteiger partial charge is 0.307 e. The fraction of sp³-hybridized carbons (Fsp3) is 0.429. The minimum atomic E-state index is -0.540. The Kier molecular flexibility index (Phi) is 3.16. The molecule has 0 aromatic carbocycles.